The molecule has 1 aromatic carbocycles. The summed E-state index contributed by atoms with van der Waals surface area (Å²) in [7, 11) is 2.82. The van der Waals surface area contributed by atoms with E-state index in [1.807, 2.05) is 0 Å². The molecular weight excluding hydrogens is 270 g/mol. The van der Waals surface area contributed by atoms with Gasteiger partial charge in [-0.2, -0.15) is 5.26 Å². The number of nitriles is 1. The van der Waals surface area contributed by atoms with Gasteiger partial charge in [-0.25, -0.2) is 9.78 Å². The molecule has 1 aromatic heterocycles. The van der Waals surface area contributed by atoms with Gasteiger partial charge in [-0.3, -0.25) is 0 Å². The summed E-state index contributed by atoms with van der Waals surface area (Å²) in [6.45, 7) is 0. The highest BCUT2D eigenvalue weighted by molar-refractivity contribution is 5.90. The number of ether oxygens (including phenoxy) is 2. The number of esters is 1. The van der Waals surface area contributed by atoms with Gasteiger partial charge >= 0.3 is 5.97 Å². The lowest BCUT2D eigenvalue weighted by atomic mass is 10.1. The third-order valence-corrected chi connectivity index (χ3v) is 2.80. The third-order valence-electron chi connectivity index (χ3n) is 2.80. The first kappa shape index (κ1) is 14.3. The number of anilines is 2. The van der Waals surface area contributed by atoms with E-state index in [-0.39, 0.29) is 0 Å². The van der Waals surface area contributed by atoms with Crippen molar-refractivity contribution in [2.75, 3.05) is 19.5 Å². The van der Waals surface area contributed by atoms with E-state index in [2.05, 4.69) is 21.1 Å². The molecule has 0 fully saturated rings. The summed E-state index contributed by atoms with van der Waals surface area (Å²) in [4.78, 5) is 15.6. The summed E-state index contributed by atoms with van der Waals surface area (Å²) in [5.41, 5.74) is 1.28. The predicted molar refractivity (Wildman–Crippen MR) is 76.6 cm³/mol. The molecule has 6 nitrogen and oxygen atoms in total. The summed E-state index contributed by atoms with van der Waals surface area (Å²) >= 11 is 0. The molecular formula is C15H13N3O3. The number of methoxy groups -OCH3 is 2. The van der Waals surface area contributed by atoms with E-state index < -0.39 is 5.97 Å². The molecule has 2 aromatic rings. The van der Waals surface area contributed by atoms with Crippen molar-refractivity contribution in [3.05, 3.63) is 47.7 Å². The molecule has 0 aliphatic carbocycles. The van der Waals surface area contributed by atoms with Crippen LogP contribution in [-0.2, 0) is 4.74 Å². The zero-order valence-corrected chi connectivity index (χ0v) is 11.6. The summed E-state index contributed by atoms with van der Waals surface area (Å²) in [5, 5.41) is 12.2. The molecule has 1 N–H and O–H groups in total. The van der Waals surface area contributed by atoms with Crippen molar-refractivity contribution in [2.24, 2.45) is 0 Å². The van der Waals surface area contributed by atoms with Crippen LogP contribution in [0.2, 0.25) is 0 Å². The molecule has 106 valence electrons. The van der Waals surface area contributed by atoms with Gasteiger partial charge in [0.1, 0.15) is 23.3 Å². The van der Waals surface area contributed by atoms with Crippen LogP contribution >= 0.6 is 0 Å². The minimum absolute atomic E-state index is 0.364. The van der Waals surface area contributed by atoms with Crippen LogP contribution in [0.25, 0.3) is 0 Å². The van der Waals surface area contributed by atoms with Crippen LogP contribution in [0.4, 0.5) is 11.5 Å². The van der Waals surface area contributed by atoms with E-state index in [4.69, 9.17) is 10.00 Å². The zero-order chi connectivity index (χ0) is 15.2. The van der Waals surface area contributed by atoms with E-state index in [0.717, 1.165) is 0 Å². The number of rotatable bonds is 4. The highest BCUT2D eigenvalue weighted by Crippen LogP contribution is 2.30. The van der Waals surface area contributed by atoms with Gasteiger partial charge in [-0.05, 0) is 24.3 Å². The van der Waals surface area contributed by atoms with E-state index in [1.54, 1.807) is 30.3 Å². The standard InChI is InChI=1S/C15H13N3O3/c1-20-12-5-3-4-11(9-16)14(12)18-13-8-10(6-7-17-13)15(19)21-2/h3-8H,1-2H3,(H,17,18). The lowest BCUT2D eigenvalue weighted by molar-refractivity contribution is 0.0600. The highest BCUT2D eigenvalue weighted by atomic mass is 16.5. The Kier molecular flexibility index (Phi) is 4.36. The molecule has 0 unspecified atom stereocenters. The van der Waals surface area contributed by atoms with Gasteiger partial charge < -0.3 is 14.8 Å². The molecule has 0 amide bonds. The number of carbonyl (C=O) groups is 1. The first-order valence-electron chi connectivity index (χ1n) is 6.08. The number of benzene rings is 1. The van der Waals surface area contributed by atoms with Crippen molar-refractivity contribution in [1.29, 1.82) is 5.26 Å². The minimum Gasteiger partial charge on any atom is -0.495 e. The van der Waals surface area contributed by atoms with E-state index in [0.29, 0.717) is 28.4 Å². The van der Waals surface area contributed by atoms with Crippen molar-refractivity contribution in [1.82, 2.24) is 4.98 Å². The highest BCUT2D eigenvalue weighted by Gasteiger charge is 2.11. The molecule has 0 bridgehead atoms. The largest absolute Gasteiger partial charge is 0.495 e. The first-order valence-corrected chi connectivity index (χ1v) is 6.08. The van der Waals surface area contributed by atoms with Crippen LogP contribution in [0.15, 0.2) is 36.5 Å². The fourth-order valence-electron chi connectivity index (χ4n) is 1.80. The second-order valence-electron chi connectivity index (χ2n) is 4.04. The second kappa shape index (κ2) is 6.39. The first-order chi connectivity index (χ1) is 10.2. The van der Waals surface area contributed by atoms with Crippen LogP contribution in [-0.4, -0.2) is 25.2 Å². The normalized spacial score (nSPS) is 9.57. The average Bonchev–Trinajstić information content (AvgIpc) is 2.54. The number of aromatic nitrogens is 1. The molecule has 21 heavy (non-hydrogen) atoms. The van der Waals surface area contributed by atoms with E-state index >= 15 is 0 Å². The third kappa shape index (κ3) is 3.09. The fourth-order valence-corrected chi connectivity index (χ4v) is 1.80. The van der Waals surface area contributed by atoms with E-state index in [1.165, 1.54) is 20.4 Å². The molecule has 0 spiro atoms. The van der Waals surface area contributed by atoms with Crippen LogP contribution in [0.5, 0.6) is 5.75 Å². The van der Waals surface area contributed by atoms with Crippen molar-refractivity contribution in [3.63, 3.8) is 0 Å². The van der Waals surface area contributed by atoms with Crippen molar-refractivity contribution in [3.8, 4) is 11.8 Å². The van der Waals surface area contributed by atoms with Gasteiger partial charge in [0, 0.05) is 6.20 Å². The van der Waals surface area contributed by atoms with Crippen LogP contribution in [0.3, 0.4) is 0 Å². The maximum atomic E-state index is 11.5. The molecule has 0 saturated carbocycles. The molecule has 0 saturated heterocycles. The Hall–Kier alpha value is -3.07. The maximum Gasteiger partial charge on any atom is 0.338 e. The quantitative estimate of drug-likeness (QED) is 0.868. The Bertz CT molecular complexity index is 708. The molecule has 0 atom stereocenters. The SMILES string of the molecule is COC(=O)c1ccnc(Nc2c(C#N)cccc2OC)c1. The predicted octanol–water partition coefficient (Wildman–Crippen LogP) is 2.49. The van der Waals surface area contributed by atoms with Gasteiger partial charge in [-0.15, -0.1) is 0 Å². The summed E-state index contributed by atoms with van der Waals surface area (Å²) < 4.78 is 9.89. The number of nitrogens with zero attached hydrogens (tertiary/aromatic N) is 2. The van der Waals surface area contributed by atoms with Gasteiger partial charge in [0.05, 0.1) is 25.3 Å². The number of carbonyl (C=O) groups excluding carboxylic acids is 1. The van der Waals surface area contributed by atoms with Crippen LogP contribution in [0.1, 0.15) is 15.9 Å². The number of pyridine rings is 1. The molecule has 6 heteroatoms. The average molecular weight is 283 g/mol. The number of nitrogens with one attached hydrogen (secondary N) is 1. The Morgan fingerprint density at radius 1 is 1.33 bits per heavy atom. The number of hydrogen-bond acceptors (Lipinski definition) is 6. The molecule has 1 heterocycles. The molecule has 2 rings (SSSR count). The lowest BCUT2D eigenvalue weighted by Gasteiger charge is -2.12. The lowest BCUT2D eigenvalue weighted by Crippen LogP contribution is -2.04. The van der Waals surface area contributed by atoms with Gasteiger partial charge in [-0.1, -0.05) is 6.07 Å². The van der Waals surface area contributed by atoms with Gasteiger partial charge in [0.25, 0.3) is 0 Å². The second-order valence-corrected chi connectivity index (χ2v) is 4.04. The van der Waals surface area contributed by atoms with Crippen LogP contribution in [0, 0.1) is 11.3 Å². The van der Waals surface area contributed by atoms with Crippen molar-refractivity contribution >= 4 is 17.5 Å². The van der Waals surface area contributed by atoms with E-state index in [9.17, 15) is 4.79 Å². The van der Waals surface area contributed by atoms with Crippen molar-refractivity contribution < 1.29 is 14.3 Å². The minimum atomic E-state index is -0.457. The molecule has 0 aliphatic rings. The summed E-state index contributed by atoms with van der Waals surface area (Å²) in [6.07, 6.45) is 1.48. The van der Waals surface area contributed by atoms with Crippen molar-refractivity contribution in [2.45, 2.75) is 0 Å². The smallest absolute Gasteiger partial charge is 0.338 e. The Morgan fingerprint density at radius 2 is 2.14 bits per heavy atom. The zero-order valence-electron chi connectivity index (χ0n) is 11.6. The monoisotopic (exact) mass is 283 g/mol. The fraction of sp³-hybridized carbons (Fsp3) is 0.133. The van der Waals surface area contributed by atoms with Gasteiger partial charge in [0.15, 0.2) is 0 Å². The molecule has 0 radical (unpaired) electrons. The summed E-state index contributed by atoms with van der Waals surface area (Å²) in [6, 6.07) is 10.3. The van der Waals surface area contributed by atoms with Gasteiger partial charge in [0.2, 0.25) is 0 Å². The Balaban J connectivity index is 2.39. The maximum absolute atomic E-state index is 11.5. The van der Waals surface area contributed by atoms with Crippen LogP contribution < -0.4 is 10.1 Å². The Morgan fingerprint density at radius 3 is 2.81 bits per heavy atom. The Labute approximate surface area is 121 Å². The number of hydrogen-bond donors (Lipinski definition) is 1. The number of para-hydroxylation sites is 1. The summed E-state index contributed by atoms with van der Waals surface area (Å²) in [5.74, 6) is 0.471. The molecule has 0 aliphatic heterocycles. The topological polar surface area (TPSA) is 84.2 Å².